The molecule has 0 saturated carbocycles. The second-order valence-electron chi connectivity index (χ2n) is 8.69. The molecule has 1 amide bonds. The van der Waals surface area contributed by atoms with Crippen molar-refractivity contribution in [1.29, 1.82) is 0 Å². The summed E-state index contributed by atoms with van der Waals surface area (Å²) in [6.45, 7) is 8.37. The largest absolute Gasteiger partial charge is 0.491 e. The van der Waals surface area contributed by atoms with E-state index in [0.29, 0.717) is 25.4 Å². The summed E-state index contributed by atoms with van der Waals surface area (Å²) in [6, 6.07) is 7.89. The van der Waals surface area contributed by atoms with Crippen LogP contribution >= 0.6 is 11.3 Å². The van der Waals surface area contributed by atoms with E-state index in [2.05, 4.69) is 13.0 Å². The van der Waals surface area contributed by atoms with Gasteiger partial charge in [-0.1, -0.05) is 13.0 Å². The lowest BCUT2D eigenvalue weighted by Crippen LogP contribution is -2.48. The quantitative estimate of drug-likeness (QED) is 0.502. The van der Waals surface area contributed by atoms with Crippen LogP contribution in [-0.4, -0.2) is 72.4 Å². The highest BCUT2D eigenvalue weighted by Crippen LogP contribution is 2.34. The molecule has 0 aliphatic carbocycles. The average Bonchev–Trinajstić information content (AvgIpc) is 3.25. The third-order valence-electron chi connectivity index (χ3n) is 5.61. The van der Waals surface area contributed by atoms with E-state index in [0.717, 1.165) is 18.4 Å². The summed E-state index contributed by atoms with van der Waals surface area (Å²) in [5, 5.41) is 12.4. The van der Waals surface area contributed by atoms with Crippen molar-refractivity contribution in [3.8, 4) is 5.75 Å². The summed E-state index contributed by atoms with van der Waals surface area (Å²) < 4.78 is 25.0. The first kappa shape index (κ1) is 25.6. The summed E-state index contributed by atoms with van der Waals surface area (Å²) >= 11 is 1.69. The minimum atomic E-state index is -0.649. The molecular formula is C25H35FN2O4S. The first-order valence-corrected chi connectivity index (χ1v) is 12.5. The topological polar surface area (TPSA) is 62.2 Å². The third kappa shape index (κ3) is 7.50. The first-order chi connectivity index (χ1) is 15.9. The average molecular weight is 479 g/mol. The van der Waals surface area contributed by atoms with Crippen molar-refractivity contribution in [1.82, 2.24) is 9.80 Å². The molecule has 1 aliphatic rings. The number of rotatable bonds is 12. The molecule has 1 aliphatic heterocycles. The molecule has 0 saturated heterocycles. The van der Waals surface area contributed by atoms with E-state index < -0.39 is 6.10 Å². The molecule has 2 heterocycles. The summed E-state index contributed by atoms with van der Waals surface area (Å²) in [7, 11) is 0. The van der Waals surface area contributed by atoms with E-state index >= 15 is 0 Å². The van der Waals surface area contributed by atoms with Crippen molar-refractivity contribution in [3.05, 3.63) is 52.0 Å². The van der Waals surface area contributed by atoms with Crippen molar-refractivity contribution in [3.63, 3.8) is 0 Å². The van der Waals surface area contributed by atoms with Crippen molar-refractivity contribution < 1.29 is 23.8 Å². The maximum Gasteiger partial charge on any atom is 0.237 e. The number of aliphatic hydroxyl groups excluding tert-OH is 1. The molecular weight excluding hydrogens is 443 g/mol. The van der Waals surface area contributed by atoms with Gasteiger partial charge in [-0.05, 0) is 62.4 Å². The second-order valence-corrected chi connectivity index (χ2v) is 9.69. The molecule has 0 unspecified atom stereocenters. The maximum absolute atomic E-state index is 13.6. The van der Waals surface area contributed by atoms with Gasteiger partial charge in [0.15, 0.2) is 0 Å². The number of ether oxygens (including phenoxy) is 2. The zero-order valence-corrected chi connectivity index (χ0v) is 20.5. The molecule has 0 radical (unpaired) electrons. The van der Waals surface area contributed by atoms with Crippen LogP contribution in [-0.2, 0) is 16.0 Å². The monoisotopic (exact) mass is 478 g/mol. The minimum Gasteiger partial charge on any atom is -0.491 e. The van der Waals surface area contributed by atoms with Gasteiger partial charge in [-0.3, -0.25) is 9.69 Å². The predicted octanol–water partition coefficient (Wildman–Crippen LogP) is 3.89. The molecule has 6 nitrogen and oxygen atoms in total. The number of carbonyl (C=O) groups is 1. The van der Waals surface area contributed by atoms with Crippen LogP contribution in [0.5, 0.6) is 5.75 Å². The number of hydrogen-bond donors (Lipinski definition) is 1. The Balaban J connectivity index is 1.67. The molecule has 3 rings (SSSR count). The molecule has 1 N–H and O–H groups in total. The Bertz CT molecular complexity index is 891. The summed E-state index contributed by atoms with van der Waals surface area (Å²) in [5.74, 6) is 0.103. The van der Waals surface area contributed by atoms with E-state index in [1.807, 2.05) is 29.0 Å². The van der Waals surface area contributed by atoms with Gasteiger partial charge in [0.2, 0.25) is 5.91 Å². The van der Waals surface area contributed by atoms with Gasteiger partial charge in [0, 0.05) is 24.0 Å². The fraction of sp³-hybridized carbons (Fsp3) is 0.560. The number of thiophene rings is 1. The fourth-order valence-corrected chi connectivity index (χ4v) is 5.02. The van der Waals surface area contributed by atoms with Crippen molar-refractivity contribution in [2.45, 2.75) is 51.9 Å². The number of carbonyl (C=O) groups excluding carboxylic acids is 1. The molecule has 1 aromatic heterocycles. The van der Waals surface area contributed by atoms with Crippen LogP contribution in [0.1, 0.15) is 43.7 Å². The Hall–Kier alpha value is -2.00. The zero-order valence-electron chi connectivity index (χ0n) is 19.7. The van der Waals surface area contributed by atoms with Gasteiger partial charge < -0.3 is 19.5 Å². The highest BCUT2D eigenvalue weighted by atomic mass is 32.1. The van der Waals surface area contributed by atoms with E-state index in [-0.39, 0.29) is 43.6 Å². The number of halogens is 1. The summed E-state index contributed by atoms with van der Waals surface area (Å²) in [5.41, 5.74) is 1.10. The second kappa shape index (κ2) is 12.5. The van der Waals surface area contributed by atoms with Gasteiger partial charge in [-0.15, -0.1) is 11.3 Å². The third-order valence-corrected chi connectivity index (χ3v) is 6.61. The Labute approximate surface area is 199 Å². The number of aliphatic hydroxyl groups is 1. The molecule has 0 fully saturated rings. The van der Waals surface area contributed by atoms with Gasteiger partial charge in [-0.2, -0.15) is 0 Å². The van der Waals surface area contributed by atoms with Crippen LogP contribution in [0.25, 0.3) is 0 Å². The van der Waals surface area contributed by atoms with Gasteiger partial charge in [0.25, 0.3) is 0 Å². The number of fused-ring (bicyclic) bond motifs is 1. The van der Waals surface area contributed by atoms with Crippen molar-refractivity contribution in [2.24, 2.45) is 0 Å². The zero-order chi connectivity index (χ0) is 23.8. The van der Waals surface area contributed by atoms with Crippen LogP contribution in [0, 0.1) is 5.82 Å². The number of hydrogen-bond acceptors (Lipinski definition) is 6. The molecule has 182 valence electrons. The van der Waals surface area contributed by atoms with Crippen LogP contribution in [0.15, 0.2) is 35.7 Å². The molecule has 2 atom stereocenters. The smallest absolute Gasteiger partial charge is 0.237 e. The minimum absolute atomic E-state index is 0.00474. The van der Waals surface area contributed by atoms with Crippen molar-refractivity contribution in [2.75, 3.05) is 39.4 Å². The highest BCUT2D eigenvalue weighted by molar-refractivity contribution is 7.10. The maximum atomic E-state index is 13.6. The van der Waals surface area contributed by atoms with Gasteiger partial charge in [-0.25, -0.2) is 4.39 Å². The van der Waals surface area contributed by atoms with Crippen LogP contribution in [0.4, 0.5) is 4.39 Å². The predicted molar refractivity (Wildman–Crippen MR) is 128 cm³/mol. The van der Waals surface area contributed by atoms with Crippen LogP contribution in [0.3, 0.4) is 0 Å². The lowest BCUT2D eigenvalue weighted by atomic mass is 10.0. The Morgan fingerprint density at radius 1 is 1.36 bits per heavy atom. The number of amides is 1. The molecule has 2 aromatic rings. The molecule has 1 aromatic carbocycles. The van der Waals surface area contributed by atoms with E-state index in [9.17, 15) is 14.3 Å². The molecule has 8 heteroatoms. The van der Waals surface area contributed by atoms with Crippen molar-refractivity contribution >= 4 is 17.2 Å². The fourth-order valence-electron chi connectivity index (χ4n) is 4.09. The molecule has 0 spiro atoms. The Morgan fingerprint density at radius 2 is 2.18 bits per heavy atom. The van der Waals surface area contributed by atoms with Gasteiger partial charge >= 0.3 is 0 Å². The van der Waals surface area contributed by atoms with Crippen LogP contribution in [0.2, 0.25) is 0 Å². The van der Waals surface area contributed by atoms with E-state index in [1.54, 1.807) is 23.5 Å². The number of nitrogens with zero attached hydrogens (tertiary/aromatic N) is 2. The van der Waals surface area contributed by atoms with Gasteiger partial charge in [0.1, 0.15) is 18.2 Å². The normalized spacial score (nSPS) is 16.8. The molecule has 33 heavy (non-hydrogen) atoms. The Kier molecular flexibility index (Phi) is 9.67. The van der Waals surface area contributed by atoms with E-state index in [4.69, 9.17) is 9.47 Å². The van der Waals surface area contributed by atoms with Gasteiger partial charge in [0.05, 0.1) is 31.4 Å². The van der Waals surface area contributed by atoms with E-state index in [1.165, 1.54) is 17.0 Å². The lowest BCUT2D eigenvalue weighted by Gasteiger charge is -2.37. The first-order valence-electron chi connectivity index (χ1n) is 11.6. The SMILES string of the molecule is CCCN(CC(=O)N1CCc2sccc2[C@@H]1COc1cccc(F)c1)C[C@@H](O)COC(C)C. The molecule has 0 bridgehead atoms. The number of benzene rings is 1. The lowest BCUT2D eigenvalue weighted by molar-refractivity contribution is -0.136. The van der Waals surface area contributed by atoms with Crippen LogP contribution < -0.4 is 4.74 Å². The standard InChI is InChI=1S/C25H35FN2O4S/c1-4-10-27(14-20(29)16-31-18(2)3)15-25(30)28-11-8-24-22(9-12-33-24)23(28)17-32-21-7-5-6-19(26)13-21/h5-7,9,12-13,18,20,23,29H,4,8,10-11,14-17H2,1-3H3/t20-,23+/m1/s1. The Morgan fingerprint density at radius 3 is 2.91 bits per heavy atom. The highest BCUT2D eigenvalue weighted by Gasteiger charge is 2.33. The summed E-state index contributed by atoms with van der Waals surface area (Å²) in [4.78, 5) is 18.5. The summed E-state index contributed by atoms with van der Waals surface area (Å²) in [6.07, 6.45) is 1.09.